The van der Waals surface area contributed by atoms with E-state index in [2.05, 4.69) is 66.5 Å². The Morgan fingerprint density at radius 1 is 0.750 bits per heavy atom. The highest BCUT2D eigenvalue weighted by atomic mass is 16.5. The van der Waals surface area contributed by atoms with Crippen molar-refractivity contribution in [1.29, 1.82) is 0 Å². The molecule has 1 spiro atoms. The van der Waals surface area contributed by atoms with Gasteiger partial charge in [0.05, 0.1) is 7.11 Å². The Morgan fingerprint density at radius 3 is 2.18 bits per heavy atom. The summed E-state index contributed by atoms with van der Waals surface area (Å²) in [5, 5.41) is 0. The summed E-state index contributed by atoms with van der Waals surface area (Å²) >= 11 is 0. The first-order chi connectivity index (χ1) is 13.7. The average molecular weight is 370 g/mol. The zero-order valence-electron chi connectivity index (χ0n) is 16.7. The number of hydrogen-bond acceptors (Lipinski definition) is 2. The second kappa shape index (κ2) is 6.70. The van der Waals surface area contributed by atoms with Crippen LogP contribution in [0.4, 0.5) is 11.4 Å². The number of methoxy groups -OCH3 is 1. The smallest absolute Gasteiger partial charge is 0.119 e. The Hall–Kier alpha value is -2.74. The van der Waals surface area contributed by atoms with E-state index in [1.165, 1.54) is 60.2 Å². The van der Waals surface area contributed by atoms with Crippen molar-refractivity contribution in [2.24, 2.45) is 0 Å². The van der Waals surface area contributed by atoms with Crippen molar-refractivity contribution in [2.45, 2.75) is 37.5 Å². The van der Waals surface area contributed by atoms with Crippen LogP contribution in [0.15, 0.2) is 66.7 Å². The van der Waals surface area contributed by atoms with Crippen molar-refractivity contribution in [3.63, 3.8) is 0 Å². The lowest BCUT2D eigenvalue weighted by Gasteiger charge is -2.36. The molecule has 28 heavy (non-hydrogen) atoms. The molecule has 2 aliphatic carbocycles. The Morgan fingerprint density at radius 2 is 1.43 bits per heavy atom. The van der Waals surface area contributed by atoms with Gasteiger partial charge in [-0.15, -0.1) is 0 Å². The van der Waals surface area contributed by atoms with E-state index in [1.54, 1.807) is 12.7 Å². The van der Waals surface area contributed by atoms with Gasteiger partial charge in [-0.2, -0.15) is 0 Å². The second-order valence-corrected chi connectivity index (χ2v) is 8.18. The third-order valence-electron chi connectivity index (χ3n) is 6.81. The fourth-order valence-electron chi connectivity index (χ4n) is 5.30. The molecule has 0 N–H and O–H groups in total. The van der Waals surface area contributed by atoms with Gasteiger partial charge >= 0.3 is 0 Å². The molecule has 0 unspecified atom stereocenters. The molecule has 3 aromatic rings. The maximum atomic E-state index is 5.31. The number of fused-ring (bicyclic) bond motifs is 5. The van der Waals surface area contributed by atoms with Gasteiger partial charge < -0.3 is 9.64 Å². The maximum absolute atomic E-state index is 5.31. The van der Waals surface area contributed by atoms with Gasteiger partial charge in [0.2, 0.25) is 0 Å². The molecule has 0 aliphatic heterocycles. The zero-order valence-corrected chi connectivity index (χ0v) is 16.7. The van der Waals surface area contributed by atoms with E-state index in [4.69, 9.17) is 4.74 Å². The maximum Gasteiger partial charge on any atom is 0.119 e. The molecular formula is C26H27NO. The van der Waals surface area contributed by atoms with E-state index in [0.717, 1.165) is 5.75 Å². The third kappa shape index (κ3) is 2.55. The fourth-order valence-corrected chi connectivity index (χ4v) is 5.30. The minimum Gasteiger partial charge on any atom is -0.497 e. The van der Waals surface area contributed by atoms with E-state index >= 15 is 0 Å². The van der Waals surface area contributed by atoms with Crippen molar-refractivity contribution < 1.29 is 4.74 Å². The predicted octanol–water partition coefficient (Wildman–Crippen LogP) is 6.69. The number of nitrogens with zero attached hydrogens (tertiary/aromatic N) is 1. The molecule has 0 heterocycles. The van der Waals surface area contributed by atoms with E-state index in [-0.39, 0.29) is 5.41 Å². The summed E-state index contributed by atoms with van der Waals surface area (Å²) in [5.41, 5.74) is 8.60. The number of rotatable bonds is 3. The molecule has 5 rings (SSSR count). The SMILES string of the molecule is COc1ccc(N(C)c2ccc3c(c2)C2(CCCCC2)c2ccccc2-3)cc1. The topological polar surface area (TPSA) is 12.5 Å². The van der Waals surface area contributed by atoms with E-state index in [9.17, 15) is 0 Å². The van der Waals surface area contributed by atoms with Crippen LogP contribution in [0.3, 0.4) is 0 Å². The van der Waals surface area contributed by atoms with Crippen LogP contribution in [0.25, 0.3) is 11.1 Å². The van der Waals surface area contributed by atoms with Gasteiger partial charge in [0, 0.05) is 23.8 Å². The molecule has 1 saturated carbocycles. The average Bonchev–Trinajstić information content (AvgIpc) is 3.03. The second-order valence-electron chi connectivity index (χ2n) is 8.18. The number of anilines is 2. The Labute approximate surface area is 167 Å². The lowest BCUT2D eigenvalue weighted by Crippen LogP contribution is -2.28. The highest BCUT2D eigenvalue weighted by molar-refractivity contribution is 5.83. The van der Waals surface area contributed by atoms with Crippen LogP contribution in [0.1, 0.15) is 43.2 Å². The van der Waals surface area contributed by atoms with Crippen LogP contribution < -0.4 is 9.64 Å². The molecule has 0 radical (unpaired) electrons. The summed E-state index contributed by atoms with van der Waals surface area (Å²) in [6.45, 7) is 0. The molecule has 0 saturated heterocycles. The molecule has 1 fully saturated rings. The monoisotopic (exact) mass is 369 g/mol. The minimum atomic E-state index is 0.209. The van der Waals surface area contributed by atoms with Crippen LogP contribution in [-0.4, -0.2) is 14.2 Å². The Kier molecular flexibility index (Phi) is 4.16. The third-order valence-corrected chi connectivity index (χ3v) is 6.81. The highest BCUT2D eigenvalue weighted by Gasteiger charge is 2.43. The summed E-state index contributed by atoms with van der Waals surface area (Å²) in [6, 6.07) is 24.4. The van der Waals surface area contributed by atoms with Crippen molar-refractivity contribution in [3.8, 4) is 16.9 Å². The summed E-state index contributed by atoms with van der Waals surface area (Å²) in [5.74, 6) is 0.891. The Balaban J connectivity index is 1.60. The lowest BCUT2D eigenvalue weighted by molar-refractivity contribution is 0.353. The molecule has 2 aliphatic rings. The molecule has 3 aromatic carbocycles. The van der Waals surface area contributed by atoms with Gasteiger partial charge in [-0.3, -0.25) is 0 Å². The first kappa shape index (κ1) is 17.4. The molecule has 0 bridgehead atoms. The van der Waals surface area contributed by atoms with Gasteiger partial charge in [0.25, 0.3) is 0 Å². The minimum absolute atomic E-state index is 0.209. The van der Waals surface area contributed by atoms with Gasteiger partial charge in [-0.05, 0) is 71.5 Å². The summed E-state index contributed by atoms with van der Waals surface area (Å²) < 4.78 is 5.31. The zero-order chi connectivity index (χ0) is 19.1. The number of ether oxygens (including phenoxy) is 1. The highest BCUT2D eigenvalue weighted by Crippen LogP contribution is 2.56. The molecular weight excluding hydrogens is 342 g/mol. The van der Waals surface area contributed by atoms with E-state index in [0.29, 0.717) is 0 Å². The first-order valence-electron chi connectivity index (χ1n) is 10.4. The van der Waals surface area contributed by atoms with Crippen LogP contribution in [0, 0.1) is 0 Å². The lowest BCUT2D eigenvalue weighted by atomic mass is 9.68. The van der Waals surface area contributed by atoms with Gasteiger partial charge in [-0.1, -0.05) is 49.6 Å². The van der Waals surface area contributed by atoms with E-state index in [1.807, 2.05) is 12.1 Å². The standard InChI is InChI=1S/C26H27NO/c1-27(19-10-13-21(28-2)14-11-19)20-12-15-23-22-8-4-5-9-24(22)26(25(23)18-20)16-6-3-7-17-26/h4-5,8-15,18H,3,6-7,16-17H2,1-2H3. The molecule has 0 atom stereocenters. The van der Waals surface area contributed by atoms with Gasteiger partial charge in [0.1, 0.15) is 5.75 Å². The van der Waals surface area contributed by atoms with Crippen LogP contribution in [-0.2, 0) is 5.41 Å². The first-order valence-corrected chi connectivity index (χ1v) is 10.4. The fraction of sp³-hybridized carbons (Fsp3) is 0.308. The predicted molar refractivity (Wildman–Crippen MR) is 117 cm³/mol. The summed E-state index contributed by atoms with van der Waals surface area (Å²) in [7, 11) is 3.86. The van der Waals surface area contributed by atoms with Crippen molar-refractivity contribution in [3.05, 3.63) is 77.9 Å². The van der Waals surface area contributed by atoms with Crippen LogP contribution in [0.2, 0.25) is 0 Å². The molecule has 0 aromatic heterocycles. The van der Waals surface area contributed by atoms with E-state index < -0.39 is 0 Å². The molecule has 142 valence electrons. The van der Waals surface area contributed by atoms with Crippen molar-refractivity contribution in [2.75, 3.05) is 19.1 Å². The van der Waals surface area contributed by atoms with Crippen LogP contribution >= 0.6 is 0 Å². The molecule has 2 heteroatoms. The Bertz CT molecular complexity index is 999. The van der Waals surface area contributed by atoms with Crippen molar-refractivity contribution in [1.82, 2.24) is 0 Å². The quantitative estimate of drug-likeness (QED) is 0.510. The number of hydrogen-bond donors (Lipinski definition) is 0. The summed E-state index contributed by atoms with van der Waals surface area (Å²) in [4.78, 5) is 2.28. The summed E-state index contributed by atoms with van der Waals surface area (Å²) in [6.07, 6.45) is 6.56. The largest absolute Gasteiger partial charge is 0.497 e. The molecule has 2 nitrogen and oxygen atoms in total. The molecule has 0 amide bonds. The van der Waals surface area contributed by atoms with Crippen LogP contribution in [0.5, 0.6) is 5.75 Å². The number of benzene rings is 3. The normalized spacial score (nSPS) is 16.5. The van der Waals surface area contributed by atoms with Crippen molar-refractivity contribution >= 4 is 11.4 Å². The van der Waals surface area contributed by atoms with Gasteiger partial charge in [0.15, 0.2) is 0 Å². The van der Waals surface area contributed by atoms with Gasteiger partial charge in [-0.25, -0.2) is 0 Å².